The Morgan fingerprint density at radius 1 is 1.12 bits per heavy atom. The second-order valence-corrected chi connectivity index (χ2v) is 5.08. The van der Waals surface area contributed by atoms with Gasteiger partial charge >= 0.3 is 0 Å². The van der Waals surface area contributed by atoms with Gasteiger partial charge in [-0.15, -0.1) is 0 Å². The van der Waals surface area contributed by atoms with Crippen LogP contribution in [-0.2, 0) is 12.2 Å². The molecule has 0 amide bonds. The molecular weight excluding hydrogens is 230 g/mol. The fourth-order valence-corrected chi connectivity index (χ4v) is 2.49. The zero-order valence-electron chi connectivity index (χ0n) is 9.76. The Morgan fingerprint density at radius 2 is 1.94 bits per heavy atom. The third-order valence-electron chi connectivity index (χ3n) is 2.56. The van der Waals surface area contributed by atoms with E-state index in [9.17, 15) is 0 Å². The van der Waals surface area contributed by atoms with Crippen LogP contribution in [0, 0.1) is 0 Å². The Morgan fingerprint density at radius 3 is 2.65 bits per heavy atom. The number of hydrogen-bond donors (Lipinski definition) is 1. The van der Waals surface area contributed by atoms with E-state index in [4.69, 9.17) is 10.2 Å². The summed E-state index contributed by atoms with van der Waals surface area (Å²) in [6.07, 6.45) is 4.03. The van der Waals surface area contributed by atoms with E-state index in [2.05, 4.69) is 12.1 Å². The van der Waals surface area contributed by atoms with Crippen molar-refractivity contribution in [1.29, 1.82) is 0 Å². The van der Waals surface area contributed by atoms with Crippen LogP contribution in [0.3, 0.4) is 0 Å². The van der Waals surface area contributed by atoms with Crippen LogP contribution in [0.25, 0.3) is 0 Å². The minimum Gasteiger partial charge on any atom is -0.468 e. The minimum atomic E-state index is 0.834. The van der Waals surface area contributed by atoms with E-state index in [1.54, 1.807) is 6.26 Å². The van der Waals surface area contributed by atoms with Crippen LogP contribution in [0.2, 0.25) is 0 Å². The summed E-state index contributed by atoms with van der Waals surface area (Å²) in [5.74, 6) is 3.18. The number of benzene rings is 1. The van der Waals surface area contributed by atoms with Crippen molar-refractivity contribution in [2.45, 2.75) is 18.6 Å². The summed E-state index contributed by atoms with van der Waals surface area (Å²) >= 11 is 1.91. The Kier molecular flexibility index (Phi) is 4.56. The molecule has 0 saturated heterocycles. The molecule has 0 aliphatic carbocycles. The van der Waals surface area contributed by atoms with E-state index < -0.39 is 0 Å². The molecule has 2 rings (SSSR count). The molecule has 0 atom stereocenters. The van der Waals surface area contributed by atoms with Crippen molar-refractivity contribution in [1.82, 2.24) is 0 Å². The summed E-state index contributed by atoms with van der Waals surface area (Å²) in [6.45, 7) is 0. The predicted molar refractivity (Wildman–Crippen MR) is 74.0 cm³/mol. The van der Waals surface area contributed by atoms with Gasteiger partial charge in [-0.25, -0.2) is 0 Å². The fourth-order valence-electron chi connectivity index (χ4n) is 1.63. The molecule has 2 nitrogen and oxygen atoms in total. The largest absolute Gasteiger partial charge is 0.468 e. The van der Waals surface area contributed by atoms with Crippen LogP contribution in [0.5, 0.6) is 0 Å². The van der Waals surface area contributed by atoms with Crippen LogP contribution < -0.4 is 5.73 Å². The highest BCUT2D eigenvalue weighted by Crippen LogP contribution is 2.15. The Labute approximate surface area is 106 Å². The topological polar surface area (TPSA) is 39.2 Å². The van der Waals surface area contributed by atoms with E-state index in [0.29, 0.717) is 0 Å². The minimum absolute atomic E-state index is 0.834. The molecule has 0 aliphatic heterocycles. The summed E-state index contributed by atoms with van der Waals surface area (Å²) in [5.41, 5.74) is 7.84. The maximum Gasteiger partial charge on any atom is 0.113 e. The predicted octanol–water partition coefficient (Wildman–Crippen LogP) is 3.73. The SMILES string of the molecule is Nc1ccc(CCCSCc2ccco2)cc1. The van der Waals surface area contributed by atoms with Gasteiger partial charge in [0.1, 0.15) is 5.76 Å². The van der Waals surface area contributed by atoms with Crippen LogP contribution in [0.1, 0.15) is 17.7 Å². The van der Waals surface area contributed by atoms with Gasteiger partial charge in [0, 0.05) is 5.69 Å². The van der Waals surface area contributed by atoms with Gasteiger partial charge in [-0.1, -0.05) is 12.1 Å². The molecule has 0 fully saturated rings. The first-order chi connectivity index (χ1) is 8.34. The summed E-state index contributed by atoms with van der Waals surface area (Å²) in [5, 5.41) is 0. The van der Waals surface area contributed by atoms with Crippen LogP contribution in [0.15, 0.2) is 47.1 Å². The molecule has 0 bridgehead atoms. The third-order valence-corrected chi connectivity index (χ3v) is 3.62. The normalized spacial score (nSPS) is 10.6. The van der Waals surface area contributed by atoms with Gasteiger partial charge in [0.05, 0.1) is 12.0 Å². The van der Waals surface area contributed by atoms with E-state index in [-0.39, 0.29) is 0 Å². The van der Waals surface area contributed by atoms with E-state index in [1.807, 2.05) is 36.0 Å². The Balaban J connectivity index is 1.61. The first-order valence-corrected chi connectivity index (χ1v) is 6.94. The molecule has 1 aromatic carbocycles. The zero-order valence-corrected chi connectivity index (χ0v) is 10.6. The van der Waals surface area contributed by atoms with Gasteiger partial charge < -0.3 is 10.2 Å². The quantitative estimate of drug-likeness (QED) is 0.624. The maximum absolute atomic E-state index is 5.64. The zero-order chi connectivity index (χ0) is 11.9. The lowest BCUT2D eigenvalue weighted by atomic mass is 10.1. The molecule has 0 spiro atoms. The number of thioether (sulfide) groups is 1. The molecule has 2 N–H and O–H groups in total. The Hall–Kier alpha value is -1.35. The highest BCUT2D eigenvalue weighted by molar-refractivity contribution is 7.98. The molecule has 0 aliphatic rings. The lowest BCUT2D eigenvalue weighted by Crippen LogP contribution is -1.90. The van der Waals surface area contributed by atoms with Gasteiger partial charge in [0.25, 0.3) is 0 Å². The summed E-state index contributed by atoms with van der Waals surface area (Å²) in [6, 6.07) is 12.1. The first kappa shape index (κ1) is 12.1. The lowest BCUT2D eigenvalue weighted by molar-refractivity contribution is 0.530. The van der Waals surface area contributed by atoms with Crippen LogP contribution in [-0.4, -0.2) is 5.75 Å². The number of hydrogen-bond acceptors (Lipinski definition) is 3. The van der Waals surface area contributed by atoms with Crippen LogP contribution in [0.4, 0.5) is 5.69 Å². The molecule has 17 heavy (non-hydrogen) atoms. The highest BCUT2D eigenvalue weighted by Gasteiger charge is 1.97. The molecule has 3 heteroatoms. The van der Waals surface area contributed by atoms with Crippen molar-refractivity contribution >= 4 is 17.4 Å². The second-order valence-electron chi connectivity index (χ2n) is 3.98. The number of aryl methyl sites for hydroxylation is 1. The van der Waals surface area contributed by atoms with Crippen molar-refractivity contribution < 1.29 is 4.42 Å². The molecule has 90 valence electrons. The van der Waals surface area contributed by atoms with E-state index >= 15 is 0 Å². The van der Waals surface area contributed by atoms with Crippen molar-refractivity contribution in [3.8, 4) is 0 Å². The fraction of sp³-hybridized carbons (Fsp3) is 0.286. The van der Waals surface area contributed by atoms with Gasteiger partial charge in [-0.2, -0.15) is 11.8 Å². The number of anilines is 1. The van der Waals surface area contributed by atoms with Gasteiger partial charge in [0.2, 0.25) is 0 Å². The Bertz CT molecular complexity index is 422. The summed E-state index contributed by atoms with van der Waals surface area (Å²) < 4.78 is 5.28. The first-order valence-electron chi connectivity index (χ1n) is 5.79. The van der Waals surface area contributed by atoms with Crippen LogP contribution >= 0.6 is 11.8 Å². The molecule has 1 heterocycles. The van der Waals surface area contributed by atoms with Crippen molar-refractivity contribution in [3.63, 3.8) is 0 Å². The van der Waals surface area contributed by atoms with Crippen molar-refractivity contribution in [2.75, 3.05) is 11.5 Å². The number of furan rings is 1. The number of nitrogen functional groups attached to an aromatic ring is 1. The highest BCUT2D eigenvalue weighted by atomic mass is 32.2. The molecule has 0 saturated carbocycles. The van der Waals surface area contributed by atoms with Gasteiger partial charge in [-0.3, -0.25) is 0 Å². The summed E-state index contributed by atoms with van der Waals surface area (Å²) in [4.78, 5) is 0. The third kappa shape index (κ3) is 4.19. The standard InChI is InChI=1S/C14H17NOS/c15-13-7-5-12(6-8-13)3-2-10-17-11-14-4-1-9-16-14/h1,4-9H,2-3,10-11,15H2. The van der Waals surface area contributed by atoms with Gasteiger partial charge in [-0.05, 0) is 48.4 Å². The molecule has 1 aromatic heterocycles. The smallest absolute Gasteiger partial charge is 0.113 e. The van der Waals surface area contributed by atoms with Crippen molar-refractivity contribution in [3.05, 3.63) is 54.0 Å². The molecular formula is C14H17NOS. The molecule has 2 aromatic rings. The monoisotopic (exact) mass is 247 g/mol. The average molecular weight is 247 g/mol. The lowest BCUT2D eigenvalue weighted by Gasteiger charge is -2.02. The molecule has 0 unspecified atom stereocenters. The van der Waals surface area contributed by atoms with E-state index in [0.717, 1.165) is 29.4 Å². The summed E-state index contributed by atoms with van der Waals surface area (Å²) in [7, 11) is 0. The number of rotatable bonds is 6. The average Bonchev–Trinajstić information content (AvgIpc) is 2.84. The number of nitrogens with two attached hydrogens (primary N) is 1. The van der Waals surface area contributed by atoms with Gasteiger partial charge in [0.15, 0.2) is 0 Å². The van der Waals surface area contributed by atoms with Crippen molar-refractivity contribution in [2.24, 2.45) is 0 Å². The second kappa shape index (κ2) is 6.40. The maximum atomic E-state index is 5.64. The van der Waals surface area contributed by atoms with E-state index in [1.165, 1.54) is 12.0 Å². The molecule has 0 radical (unpaired) electrons.